The van der Waals surface area contributed by atoms with Gasteiger partial charge in [0, 0.05) is 23.4 Å². The Morgan fingerprint density at radius 3 is 2.57 bits per heavy atom. The molecule has 21 heavy (non-hydrogen) atoms. The van der Waals surface area contributed by atoms with Crippen LogP contribution in [0, 0.1) is 5.41 Å². The third-order valence-electron chi connectivity index (χ3n) is 4.60. The van der Waals surface area contributed by atoms with Gasteiger partial charge in [-0.3, -0.25) is 4.99 Å². The smallest absolute Gasteiger partial charge is 0.161 e. The average Bonchev–Trinajstić information content (AvgIpc) is 2.56. The van der Waals surface area contributed by atoms with Crippen LogP contribution in [0.1, 0.15) is 26.7 Å². The summed E-state index contributed by atoms with van der Waals surface area (Å²) in [7, 11) is 0. The number of nitrogens with one attached hydrogen (secondary N) is 1. The molecule has 1 heterocycles. The van der Waals surface area contributed by atoms with Crippen LogP contribution in [0.25, 0.3) is 10.8 Å². The lowest BCUT2D eigenvalue weighted by Gasteiger charge is -2.33. The van der Waals surface area contributed by atoms with Gasteiger partial charge in [0.1, 0.15) is 0 Å². The minimum Gasteiger partial charge on any atom is -0.334 e. The fraction of sp³-hybridized carbons (Fsp3) is 0.389. The lowest BCUT2D eigenvalue weighted by Crippen LogP contribution is -2.32. The third-order valence-corrected chi connectivity index (χ3v) is 5.87. The van der Waals surface area contributed by atoms with Gasteiger partial charge < -0.3 is 5.32 Å². The number of benzene rings is 2. The van der Waals surface area contributed by atoms with Crippen LogP contribution < -0.4 is 5.32 Å². The van der Waals surface area contributed by atoms with Crippen molar-refractivity contribution >= 4 is 33.4 Å². The van der Waals surface area contributed by atoms with Gasteiger partial charge in [-0.1, -0.05) is 62.0 Å². The molecular weight excluding hydrogens is 276 g/mol. The first kappa shape index (κ1) is 14.5. The lowest BCUT2D eigenvalue weighted by atomic mass is 9.84. The molecule has 3 heteroatoms. The predicted octanol–water partition coefficient (Wildman–Crippen LogP) is 5.16. The van der Waals surface area contributed by atoms with E-state index in [4.69, 9.17) is 4.99 Å². The SMILES string of the molecule is CCC1(CC)CN=C(Nc2cccc3ccccc23)SC1. The highest BCUT2D eigenvalue weighted by Crippen LogP contribution is 2.36. The molecule has 0 bridgehead atoms. The molecule has 2 aromatic rings. The molecule has 0 aliphatic carbocycles. The molecule has 0 saturated carbocycles. The lowest BCUT2D eigenvalue weighted by molar-refractivity contribution is 0.318. The van der Waals surface area contributed by atoms with Crippen LogP contribution >= 0.6 is 11.8 Å². The van der Waals surface area contributed by atoms with Crippen molar-refractivity contribution in [2.45, 2.75) is 26.7 Å². The Hall–Kier alpha value is -1.48. The second-order valence-electron chi connectivity index (χ2n) is 5.77. The molecule has 0 radical (unpaired) electrons. The molecule has 0 fully saturated rings. The van der Waals surface area contributed by atoms with Gasteiger partial charge in [0.25, 0.3) is 0 Å². The first-order chi connectivity index (χ1) is 10.3. The van der Waals surface area contributed by atoms with Gasteiger partial charge in [-0.05, 0) is 29.7 Å². The Kier molecular flexibility index (Phi) is 4.20. The molecule has 0 spiro atoms. The van der Waals surface area contributed by atoms with Gasteiger partial charge >= 0.3 is 0 Å². The Bertz CT molecular complexity index is 654. The number of hydrogen-bond acceptors (Lipinski definition) is 3. The number of amidine groups is 1. The summed E-state index contributed by atoms with van der Waals surface area (Å²) >= 11 is 1.86. The zero-order chi connectivity index (χ0) is 14.7. The van der Waals surface area contributed by atoms with Crippen molar-refractivity contribution in [1.82, 2.24) is 0 Å². The van der Waals surface area contributed by atoms with E-state index in [-0.39, 0.29) is 0 Å². The highest BCUT2D eigenvalue weighted by Gasteiger charge is 2.30. The molecule has 0 saturated heterocycles. The van der Waals surface area contributed by atoms with Crippen LogP contribution in [0.15, 0.2) is 47.5 Å². The number of nitrogens with zero attached hydrogens (tertiary/aromatic N) is 1. The van der Waals surface area contributed by atoms with Crippen molar-refractivity contribution in [3.8, 4) is 0 Å². The molecule has 0 amide bonds. The maximum absolute atomic E-state index is 4.80. The van der Waals surface area contributed by atoms with Gasteiger partial charge in [-0.15, -0.1) is 0 Å². The Labute approximate surface area is 131 Å². The maximum Gasteiger partial charge on any atom is 0.161 e. The van der Waals surface area contributed by atoms with Gasteiger partial charge in [-0.25, -0.2) is 0 Å². The fourth-order valence-electron chi connectivity index (χ4n) is 2.76. The van der Waals surface area contributed by atoms with Crippen molar-refractivity contribution in [3.63, 3.8) is 0 Å². The summed E-state index contributed by atoms with van der Waals surface area (Å²) in [5, 5.41) is 7.10. The largest absolute Gasteiger partial charge is 0.334 e. The molecule has 110 valence electrons. The van der Waals surface area contributed by atoms with Crippen molar-refractivity contribution in [1.29, 1.82) is 0 Å². The highest BCUT2D eigenvalue weighted by molar-refractivity contribution is 8.14. The first-order valence-corrected chi connectivity index (χ1v) is 8.67. The Morgan fingerprint density at radius 1 is 1.10 bits per heavy atom. The number of hydrogen-bond donors (Lipinski definition) is 1. The van der Waals surface area contributed by atoms with Crippen LogP contribution in [-0.4, -0.2) is 17.5 Å². The number of rotatable bonds is 3. The summed E-state index contributed by atoms with van der Waals surface area (Å²) in [6.07, 6.45) is 2.42. The molecule has 0 atom stereocenters. The molecule has 3 rings (SSSR count). The van der Waals surface area contributed by atoms with Crippen LogP contribution in [0.2, 0.25) is 0 Å². The van der Waals surface area contributed by atoms with Crippen molar-refractivity contribution in [2.75, 3.05) is 17.6 Å². The first-order valence-electron chi connectivity index (χ1n) is 7.68. The summed E-state index contributed by atoms with van der Waals surface area (Å²) in [5.74, 6) is 1.16. The van der Waals surface area contributed by atoms with E-state index in [0.717, 1.165) is 23.2 Å². The van der Waals surface area contributed by atoms with Gasteiger partial charge in [0.15, 0.2) is 5.17 Å². The summed E-state index contributed by atoms with van der Waals surface area (Å²) in [5.41, 5.74) is 1.55. The Morgan fingerprint density at radius 2 is 1.86 bits per heavy atom. The molecule has 1 aliphatic heterocycles. The predicted molar refractivity (Wildman–Crippen MR) is 95.3 cm³/mol. The van der Waals surface area contributed by atoms with Crippen molar-refractivity contribution < 1.29 is 0 Å². The summed E-state index contributed by atoms with van der Waals surface area (Å²) in [6.45, 7) is 5.51. The van der Waals surface area contributed by atoms with Gasteiger partial charge in [-0.2, -0.15) is 0 Å². The van der Waals surface area contributed by atoms with Crippen molar-refractivity contribution in [3.05, 3.63) is 42.5 Å². The minimum atomic E-state index is 0.397. The highest BCUT2D eigenvalue weighted by atomic mass is 32.2. The van der Waals surface area contributed by atoms with Crippen molar-refractivity contribution in [2.24, 2.45) is 10.4 Å². The van der Waals surface area contributed by atoms with Gasteiger partial charge in [0.05, 0.1) is 0 Å². The van der Waals surface area contributed by atoms with Crippen LogP contribution in [0.4, 0.5) is 5.69 Å². The van der Waals surface area contributed by atoms with E-state index in [1.165, 1.54) is 23.6 Å². The van der Waals surface area contributed by atoms with E-state index < -0.39 is 0 Å². The monoisotopic (exact) mass is 298 g/mol. The Balaban J connectivity index is 1.82. The molecule has 2 nitrogen and oxygen atoms in total. The maximum atomic E-state index is 4.80. The topological polar surface area (TPSA) is 24.4 Å². The quantitative estimate of drug-likeness (QED) is 0.846. The summed E-state index contributed by atoms with van der Waals surface area (Å²) < 4.78 is 0. The third kappa shape index (κ3) is 2.93. The second kappa shape index (κ2) is 6.10. The molecular formula is C18H22N2S. The molecule has 0 aromatic heterocycles. The fourth-order valence-corrected chi connectivity index (χ4v) is 4.04. The zero-order valence-electron chi connectivity index (χ0n) is 12.7. The zero-order valence-corrected chi connectivity index (χ0v) is 13.5. The van der Waals surface area contributed by atoms with Crippen LogP contribution in [0.5, 0.6) is 0 Å². The van der Waals surface area contributed by atoms with Crippen LogP contribution in [0.3, 0.4) is 0 Å². The second-order valence-corrected chi connectivity index (χ2v) is 6.73. The minimum absolute atomic E-state index is 0.397. The number of thioether (sulfide) groups is 1. The molecule has 2 aromatic carbocycles. The molecule has 1 aliphatic rings. The van der Waals surface area contributed by atoms with E-state index in [9.17, 15) is 0 Å². The molecule has 0 unspecified atom stereocenters. The van der Waals surface area contributed by atoms with Crippen LogP contribution in [-0.2, 0) is 0 Å². The van der Waals surface area contributed by atoms with Gasteiger partial charge in [0.2, 0.25) is 0 Å². The number of fused-ring (bicyclic) bond motifs is 1. The summed E-state index contributed by atoms with van der Waals surface area (Å²) in [4.78, 5) is 4.80. The number of aliphatic imine (C=N–C) groups is 1. The van der Waals surface area contributed by atoms with E-state index in [1.807, 2.05) is 11.8 Å². The van der Waals surface area contributed by atoms with E-state index >= 15 is 0 Å². The average molecular weight is 298 g/mol. The summed E-state index contributed by atoms with van der Waals surface area (Å²) in [6, 6.07) is 14.9. The molecule has 1 N–H and O–H groups in total. The van der Waals surface area contributed by atoms with E-state index in [0.29, 0.717) is 5.41 Å². The van der Waals surface area contributed by atoms with E-state index in [2.05, 4.69) is 61.6 Å². The van der Waals surface area contributed by atoms with E-state index in [1.54, 1.807) is 0 Å². The standard InChI is InChI=1S/C18H22N2S/c1-3-18(4-2)12-19-17(21-13-18)20-16-11-7-9-14-8-5-6-10-15(14)16/h5-11H,3-4,12-13H2,1-2H3,(H,19,20). The number of anilines is 1. The normalized spacial score (nSPS) is 17.5.